The molecule has 1 aromatic rings. The van der Waals surface area contributed by atoms with Gasteiger partial charge in [-0.05, 0) is 12.5 Å². The highest BCUT2D eigenvalue weighted by atomic mass is 35.5. The number of hydrogen-bond acceptors (Lipinski definition) is 2. The molecule has 0 saturated heterocycles. The molecule has 0 fully saturated rings. The van der Waals surface area contributed by atoms with Crippen molar-refractivity contribution in [2.75, 3.05) is 0 Å². The summed E-state index contributed by atoms with van der Waals surface area (Å²) in [5, 5.41) is 8.99. The van der Waals surface area contributed by atoms with Crippen molar-refractivity contribution in [3.05, 3.63) is 32.7 Å². The Morgan fingerprint density at radius 3 is 2.92 bits per heavy atom. The molecule has 13 heavy (non-hydrogen) atoms. The number of halogens is 1. The quantitative estimate of drug-likeness (QED) is 0.785. The van der Waals surface area contributed by atoms with Crippen LogP contribution >= 0.6 is 11.6 Å². The van der Waals surface area contributed by atoms with Gasteiger partial charge >= 0.3 is 0 Å². The smallest absolute Gasteiger partial charge is 0.266 e. The predicted octanol–water partition coefficient (Wildman–Crippen LogP) is 1.85. The van der Waals surface area contributed by atoms with Crippen LogP contribution in [0.5, 0.6) is 0 Å². The summed E-state index contributed by atoms with van der Waals surface area (Å²) in [6.07, 6.45) is 1.63. The van der Waals surface area contributed by atoms with Gasteiger partial charge < -0.3 is 4.98 Å². The van der Waals surface area contributed by atoms with Crippen molar-refractivity contribution in [2.24, 2.45) is 0 Å². The zero-order valence-electron chi connectivity index (χ0n) is 7.22. The van der Waals surface area contributed by atoms with Crippen molar-refractivity contribution in [2.45, 2.75) is 19.8 Å². The van der Waals surface area contributed by atoms with Gasteiger partial charge in [0.05, 0.1) is 5.02 Å². The average Bonchev–Trinajstić information content (AvgIpc) is 2.11. The summed E-state index contributed by atoms with van der Waals surface area (Å²) in [5.74, 6) is 0. The summed E-state index contributed by atoms with van der Waals surface area (Å²) in [7, 11) is 0. The van der Waals surface area contributed by atoms with Gasteiger partial charge in [0.25, 0.3) is 5.56 Å². The van der Waals surface area contributed by atoms with Crippen LogP contribution in [0, 0.1) is 11.3 Å². The largest absolute Gasteiger partial charge is 0.324 e. The number of rotatable bonds is 2. The Morgan fingerprint density at radius 2 is 2.38 bits per heavy atom. The maximum Gasteiger partial charge on any atom is 0.266 e. The first kappa shape index (κ1) is 9.82. The van der Waals surface area contributed by atoms with Gasteiger partial charge in [0.2, 0.25) is 0 Å². The van der Waals surface area contributed by atoms with Gasteiger partial charge in [-0.15, -0.1) is 0 Å². The second kappa shape index (κ2) is 4.11. The van der Waals surface area contributed by atoms with Gasteiger partial charge in [0, 0.05) is 5.69 Å². The summed E-state index contributed by atoms with van der Waals surface area (Å²) >= 11 is 5.84. The van der Waals surface area contributed by atoms with E-state index < -0.39 is 0 Å². The van der Waals surface area contributed by atoms with Crippen LogP contribution in [0.2, 0.25) is 5.02 Å². The number of nitrogens with zero attached hydrogens (tertiary/aromatic N) is 1. The zero-order valence-corrected chi connectivity index (χ0v) is 7.98. The lowest BCUT2D eigenvalue weighted by atomic mass is 10.2. The monoisotopic (exact) mass is 196 g/mol. The Hall–Kier alpha value is -1.27. The van der Waals surface area contributed by atoms with E-state index >= 15 is 0 Å². The molecule has 1 aromatic heterocycles. The summed E-state index contributed by atoms with van der Waals surface area (Å²) < 4.78 is 0. The Kier molecular flexibility index (Phi) is 3.10. The van der Waals surface area contributed by atoms with Crippen LogP contribution in [0.3, 0.4) is 0 Å². The number of aryl methyl sites for hydroxylation is 1. The molecule has 1 N–H and O–H groups in total. The maximum atomic E-state index is 11.2. The molecule has 4 heteroatoms. The molecule has 0 aromatic carbocycles. The lowest BCUT2D eigenvalue weighted by Crippen LogP contribution is -2.12. The van der Waals surface area contributed by atoms with Crippen molar-refractivity contribution in [3.63, 3.8) is 0 Å². The highest BCUT2D eigenvalue weighted by molar-refractivity contribution is 6.31. The molecule has 1 rings (SSSR count). The van der Waals surface area contributed by atoms with E-state index in [2.05, 4.69) is 4.98 Å². The lowest BCUT2D eigenvalue weighted by molar-refractivity contribution is 0.874. The third kappa shape index (κ3) is 2.10. The minimum absolute atomic E-state index is 0.0600. The summed E-state index contributed by atoms with van der Waals surface area (Å²) in [4.78, 5) is 13.7. The van der Waals surface area contributed by atoms with Gasteiger partial charge in [-0.25, -0.2) is 0 Å². The summed E-state index contributed by atoms with van der Waals surface area (Å²) in [6.45, 7) is 1.99. The van der Waals surface area contributed by atoms with Crippen molar-refractivity contribution >= 4 is 11.6 Å². The van der Waals surface area contributed by atoms with Crippen LogP contribution in [-0.2, 0) is 6.42 Å². The second-order valence-corrected chi connectivity index (χ2v) is 3.11. The number of pyridine rings is 1. The van der Waals surface area contributed by atoms with E-state index in [4.69, 9.17) is 16.9 Å². The van der Waals surface area contributed by atoms with Crippen LogP contribution in [0.15, 0.2) is 10.9 Å². The molecule has 0 aliphatic carbocycles. The number of H-pyrrole nitrogens is 1. The van der Waals surface area contributed by atoms with Crippen molar-refractivity contribution in [1.82, 2.24) is 4.98 Å². The predicted molar refractivity (Wildman–Crippen MR) is 50.8 cm³/mol. The molecule has 3 nitrogen and oxygen atoms in total. The number of aromatic amines is 1. The molecule has 0 aliphatic rings. The standard InChI is InChI=1S/C9H9ClN2O/c1-2-3-8-7(10)4-6(5-11)9(13)12-8/h4H,2-3H2,1H3,(H,12,13). The highest BCUT2D eigenvalue weighted by Crippen LogP contribution is 2.13. The summed E-state index contributed by atoms with van der Waals surface area (Å²) in [5.41, 5.74) is 0.397. The number of aromatic nitrogens is 1. The second-order valence-electron chi connectivity index (χ2n) is 2.70. The van der Waals surface area contributed by atoms with Gasteiger partial charge in [-0.2, -0.15) is 5.26 Å². The van der Waals surface area contributed by atoms with E-state index in [9.17, 15) is 4.79 Å². The maximum absolute atomic E-state index is 11.2. The lowest BCUT2D eigenvalue weighted by Gasteiger charge is -2.01. The molecular weight excluding hydrogens is 188 g/mol. The van der Waals surface area contributed by atoms with Gasteiger partial charge in [-0.3, -0.25) is 4.79 Å². The number of nitrogens with one attached hydrogen (secondary N) is 1. The molecule has 0 unspecified atom stereocenters. The van der Waals surface area contributed by atoms with Crippen LogP contribution in [0.1, 0.15) is 24.6 Å². The third-order valence-corrected chi connectivity index (χ3v) is 2.03. The van der Waals surface area contributed by atoms with Crippen molar-refractivity contribution < 1.29 is 0 Å². The number of nitriles is 1. The molecule has 0 radical (unpaired) electrons. The molecule has 0 atom stereocenters. The topological polar surface area (TPSA) is 56.6 Å². The van der Waals surface area contributed by atoms with Gasteiger partial charge in [0.15, 0.2) is 0 Å². The highest BCUT2D eigenvalue weighted by Gasteiger charge is 2.04. The van der Waals surface area contributed by atoms with Crippen LogP contribution < -0.4 is 5.56 Å². The van der Waals surface area contributed by atoms with Crippen LogP contribution in [-0.4, -0.2) is 4.98 Å². The van der Waals surface area contributed by atoms with Gasteiger partial charge in [-0.1, -0.05) is 24.9 Å². The van der Waals surface area contributed by atoms with Crippen molar-refractivity contribution in [1.29, 1.82) is 5.26 Å². The molecule has 1 heterocycles. The first-order valence-electron chi connectivity index (χ1n) is 4.00. The molecule has 0 saturated carbocycles. The molecule has 68 valence electrons. The van der Waals surface area contributed by atoms with E-state index in [1.165, 1.54) is 6.07 Å². The minimum Gasteiger partial charge on any atom is -0.324 e. The van der Waals surface area contributed by atoms with E-state index in [0.717, 1.165) is 12.8 Å². The average molecular weight is 197 g/mol. The fourth-order valence-corrected chi connectivity index (χ4v) is 1.31. The Labute approximate surface area is 81.0 Å². The van der Waals surface area contributed by atoms with Crippen LogP contribution in [0.25, 0.3) is 0 Å². The van der Waals surface area contributed by atoms with E-state index in [-0.39, 0.29) is 11.1 Å². The third-order valence-electron chi connectivity index (χ3n) is 1.69. The Morgan fingerprint density at radius 1 is 1.69 bits per heavy atom. The van der Waals surface area contributed by atoms with E-state index in [0.29, 0.717) is 10.7 Å². The Balaban J connectivity index is 3.23. The first-order chi connectivity index (χ1) is 6.19. The molecular formula is C9H9ClN2O. The van der Waals surface area contributed by atoms with E-state index in [1.54, 1.807) is 6.07 Å². The fourth-order valence-electron chi connectivity index (χ4n) is 1.06. The van der Waals surface area contributed by atoms with Crippen molar-refractivity contribution in [3.8, 4) is 6.07 Å². The normalized spacial score (nSPS) is 9.62. The zero-order chi connectivity index (χ0) is 9.84. The van der Waals surface area contributed by atoms with Gasteiger partial charge in [0.1, 0.15) is 11.6 Å². The van der Waals surface area contributed by atoms with E-state index in [1.807, 2.05) is 6.92 Å². The molecule has 0 bridgehead atoms. The number of hydrogen-bond donors (Lipinski definition) is 1. The SMILES string of the molecule is CCCc1[nH]c(=O)c(C#N)cc1Cl. The Bertz CT molecular complexity index is 403. The summed E-state index contributed by atoms with van der Waals surface area (Å²) in [6, 6.07) is 3.19. The minimum atomic E-state index is -0.365. The molecule has 0 spiro atoms. The molecule has 0 amide bonds. The first-order valence-corrected chi connectivity index (χ1v) is 4.38. The fraction of sp³-hybridized carbons (Fsp3) is 0.333. The molecule has 0 aliphatic heterocycles. The van der Waals surface area contributed by atoms with Crippen LogP contribution in [0.4, 0.5) is 0 Å².